The molecule has 2 rings (SSSR count). The Labute approximate surface area is 98.9 Å². The molecule has 2 heterocycles. The lowest BCUT2D eigenvalue weighted by Gasteiger charge is -2.38. The van der Waals surface area contributed by atoms with Crippen LogP contribution in [0.1, 0.15) is 33.1 Å². The Morgan fingerprint density at radius 3 is 2.53 bits per heavy atom. The standard InChI is InChI=1S/C9H15ClN4S/c1-6-4-3-5-7(2)14(6)11-9-8(10)12-15-13-9/h6-7H,3-5H2,1-2H3,(H,11,13). The van der Waals surface area contributed by atoms with Gasteiger partial charge in [-0.1, -0.05) is 18.0 Å². The molecule has 1 N–H and O–H groups in total. The molecular weight excluding hydrogens is 232 g/mol. The summed E-state index contributed by atoms with van der Waals surface area (Å²) in [6, 6.07) is 1.04. The molecule has 1 aromatic heterocycles. The first-order valence-corrected chi connectivity index (χ1v) is 6.32. The molecule has 84 valence electrons. The van der Waals surface area contributed by atoms with E-state index in [-0.39, 0.29) is 0 Å². The van der Waals surface area contributed by atoms with Crippen molar-refractivity contribution in [2.45, 2.75) is 45.2 Å². The van der Waals surface area contributed by atoms with Gasteiger partial charge < -0.3 is 0 Å². The van der Waals surface area contributed by atoms with Crippen LogP contribution in [0.4, 0.5) is 5.82 Å². The number of nitrogens with zero attached hydrogens (tertiary/aromatic N) is 3. The van der Waals surface area contributed by atoms with Crippen LogP contribution in [0, 0.1) is 0 Å². The average Bonchev–Trinajstić information content (AvgIpc) is 2.58. The number of piperidine rings is 1. The number of aromatic nitrogens is 2. The molecule has 2 unspecified atom stereocenters. The van der Waals surface area contributed by atoms with Gasteiger partial charge in [0.25, 0.3) is 0 Å². The highest BCUT2D eigenvalue weighted by atomic mass is 35.5. The van der Waals surface area contributed by atoms with Crippen LogP contribution >= 0.6 is 23.3 Å². The van der Waals surface area contributed by atoms with E-state index in [1.165, 1.54) is 19.3 Å². The normalized spacial score (nSPS) is 27.9. The summed E-state index contributed by atoms with van der Waals surface area (Å²) in [6.07, 6.45) is 3.72. The first-order chi connectivity index (χ1) is 7.18. The molecule has 0 bridgehead atoms. The van der Waals surface area contributed by atoms with Crippen molar-refractivity contribution in [2.24, 2.45) is 0 Å². The SMILES string of the molecule is CC1CCCC(C)N1Nc1nsnc1Cl. The van der Waals surface area contributed by atoms with Gasteiger partial charge in [-0.2, -0.15) is 8.75 Å². The Bertz CT molecular complexity index is 320. The number of anilines is 1. The summed E-state index contributed by atoms with van der Waals surface area (Å²) in [5.41, 5.74) is 3.27. The number of nitrogens with one attached hydrogen (secondary N) is 1. The van der Waals surface area contributed by atoms with Crippen molar-refractivity contribution < 1.29 is 0 Å². The zero-order chi connectivity index (χ0) is 10.8. The molecular formula is C9H15ClN4S. The summed E-state index contributed by atoms with van der Waals surface area (Å²) in [6.45, 7) is 4.44. The third-order valence-corrected chi connectivity index (χ3v) is 3.77. The van der Waals surface area contributed by atoms with Crippen molar-refractivity contribution in [2.75, 3.05) is 5.43 Å². The first-order valence-electron chi connectivity index (χ1n) is 5.21. The summed E-state index contributed by atoms with van der Waals surface area (Å²) in [5.74, 6) is 0.683. The van der Waals surface area contributed by atoms with Gasteiger partial charge in [0.15, 0.2) is 11.0 Å². The summed E-state index contributed by atoms with van der Waals surface area (Å²) >= 11 is 7.04. The Hall–Kier alpha value is -0.390. The molecule has 0 aliphatic carbocycles. The van der Waals surface area contributed by atoms with Crippen molar-refractivity contribution >= 4 is 29.1 Å². The number of hydrogen-bond acceptors (Lipinski definition) is 5. The van der Waals surface area contributed by atoms with Crippen molar-refractivity contribution in [3.05, 3.63) is 5.15 Å². The molecule has 1 saturated heterocycles. The van der Waals surface area contributed by atoms with Gasteiger partial charge in [0, 0.05) is 12.1 Å². The maximum absolute atomic E-state index is 5.90. The molecule has 0 spiro atoms. The first kappa shape index (κ1) is 11.1. The number of rotatable bonds is 2. The van der Waals surface area contributed by atoms with E-state index in [0.29, 0.717) is 23.1 Å². The predicted octanol–water partition coefficient (Wildman–Crippen LogP) is 2.78. The largest absolute Gasteiger partial charge is 0.299 e. The average molecular weight is 247 g/mol. The summed E-state index contributed by atoms with van der Waals surface area (Å²) in [4.78, 5) is 0. The second-order valence-corrected chi connectivity index (χ2v) is 4.94. The van der Waals surface area contributed by atoms with E-state index in [4.69, 9.17) is 11.6 Å². The second kappa shape index (κ2) is 4.63. The highest BCUT2D eigenvalue weighted by molar-refractivity contribution is 6.99. The Morgan fingerprint density at radius 2 is 2.00 bits per heavy atom. The van der Waals surface area contributed by atoms with Crippen LogP contribution in [0.2, 0.25) is 5.15 Å². The van der Waals surface area contributed by atoms with E-state index in [0.717, 1.165) is 11.7 Å². The van der Waals surface area contributed by atoms with Crippen LogP contribution in [-0.4, -0.2) is 25.8 Å². The fraction of sp³-hybridized carbons (Fsp3) is 0.778. The maximum Gasteiger partial charge on any atom is 0.193 e. The zero-order valence-corrected chi connectivity index (χ0v) is 10.5. The molecule has 1 fully saturated rings. The molecule has 0 aromatic carbocycles. The lowest BCUT2D eigenvalue weighted by atomic mass is 10.00. The highest BCUT2D eigenvalue weighted by Crippen LogP contribution is 2.25. The van der Waals surface area contributed by atoms with Crippen molar-refractivity contribution in [1.82, 2.24) is 13.8 Å². The molecule has 6 heteroatoms. The smallest absolute Gasteiger partial charge is 0.193 e. The van der Waals surface area contributed by atoms with Gasteiger partial charge in [-0.05, 0) is 26.7 Å². The molecule has 1 aliphatic heterocycles. The molecule has 0 radical (unpaired) electrons. The zero-order valence-electron chi connectivity index (χ0n) is 8.90. The third kappa shape index (κ3) is 2.41. The van der Waals surface area contributed by atoms with E-state index in [1.54, 1.807) is 0 Å². The van der Waals surface area contributed by atoms with E-state index in [2.05, 4.69) is 33.0 Å². The summed E-state index contributed by atoms with van der Waals surface area (Å²) in [7, 11) is 0. The van der Waals surface area contributed by atoms with Crippen LogP contribution in [-0.2, 0) is 0 Å². The summed E-state index contributed by atoms with van der Waals surface area (Å²) in [5, 5.41) is 2.69. The van der Waals surface area contributed by atoms with Gasteiger partial charge >= 0.3 is 0 Å². The van der Waals surface area contributed by atoms with Crippen molar-refractivity contribution in [3.63, 3.8) is 0 Å². The van der Waals surface area contributed by atoms with E-state index in [9.17, 15) is 0 Å². The van der Waals surface area contributed by atoms with Gasteiger partial charge in [0.05, 0.1) is 11.7 Å². The second-order valence-electron chi connectivity index (χ2n) is 4.05. The van der Waals surface area contributed by atoms with Crippen LogP contribution in [0.15, 0.2) is 0 Å². The predicted molar refractivity (Wildman–Crippen MR) is 63.2 cm³/mol. The third-order valence-electron chi connectivity index (χ3n) is 2.88. The monoisotopic (exact) mass is 246 g/mol. The summed E-state index contributed by atoms with van der Waals surface area (Å²) < 4.78 is 8.06. The minimum Gasteiger partial charge on any atom is -0.299 e. The topological polar surface area (TPSA) is 41.0 Å². The van der Waals surface area contributed by atoms with Crippen LogP contribution < -0.4 is 5.43 Å². The van der Waals surface area contributed by atoms with Gasteiger partial charge in [-0.15, -0.1) is 0 Å². The van der Waals surface area contributed by atoms with Gasteiger partial charge in [0.2, 0.25) is 0 Å². The van der Waals surface area contributed by atoms with Crippen LogP contribution in [0.3, 0.4) is 0 Å². The molecule has 0 saturated carbocycles. The Kier molecular flexibility index (Phi) is 3.43. The lowest BCUT2D eigenvalue weighted by molar-refractivity contribution is 0.135. The lowest BCUT2D eigenvalue weighted by Crippen LogP contribution is -2.47. The van der Waals surface area contributed by atoms with Gasteiger partial charge in [-0.3, -0.25) is 5.43 Å². The number of hydrazine groups is 1. The Balaban J connectivity index is 2.06. The quantitative estimate of drug-likeness (QED) is 0.871. The fourth-order valence-electron chi connectivity index (χ4n) is 2.01. The Morgan fingerprint density at radius 1 is 1.33 bits per heavy atom. The fourth-order valence-corrected chi connectivity index (χ4v) is 2.64. The molecule has 2 atom stereocenters. The molecule has 1 aliphatic rings. The highest BCUT2D eigenvalue weighted by Gasteiger charge is 2.25. The number of halogens is 1. The number of hydrogen-bond donors (Lipinski definition) is 1. The molecule has 4 nitrogen and oxygen atoms in total. The van der Waals surface area contributed by atoms with E-state index >= 15 is 0 Å². The van der Waals surface area contributed by atoms with Crippen LogP contribution in [0.5, 0.6) is 0 Å². The van der Waals surface area contributed by atoms with Gasteiger partial charge in [0.1, 0.15) is 0 Å². The van der Waals surface area contributed by atoms with Gasteiger partial charge in [-0.25, -0.2) is 5.01 Å². The van der Waals surface area contributed by atoms with Crippen molar-refractivity contribution in [3.8, 4) is 0 Å². The van der Waals surface area contributed by atoms with E-state index in [1.807, 2.05) is 0 Å². The molecule has 1 aromatic rings. The van der Waals surface area contributed by atoms with Crippen molar-refractivity contribution in [1.29, 1.82) is 0 Å². The molecule has 0 amide bonds. The maximum atomic E-state index is 5.90. The molecule has 15 heavy (non-hydrogen) atoms. The van der Waals surface area contributed by atoms with E-state index < -0.39 is 0 Å². The minimum absolute atomic E-state index is 0.463. The van der Waals surface area contributed by atoms with Crippen LogP contribution in [0.25, 0.3) is 0 Å². The minimum atomic E-state index is 0.463.